The van der Waals surface area contributed by atoms with Crippen LogP contribution in [0.2, 0.25) is 0 Å². The molecule has 1 saturated heterocycles. The van der Waals surface area contributed by atoms with Crippen LogP contribution in [0.5, 0.6) is 0 Å². The third-order valence-electron chi connectivity index (χ3n) is 5.62. The molecule has 2 aliphatic carbocycles. The first-order chi connectivity index (χ1) is 10.1. The van der Waals surface area contributed by atoms with E-state index in [4.69, 9.17) is 0 Å². The summed E-state index contributed by atoms with van der Waals surface area (Å²) < 4.78 is 25.1. The normalized spacial score (nSPS) is 26.0. The lowest BCUT2D eigenvalue weighted by molar-refractivity contribution is -0.135. The van der Waals surface area contributed by atoms with Crippen LogP contribution in [0, 0.1) is 5.92 Å². The molecule has 21 heavy (non-hydrogen) atoms. The van der Waals surface area contributed by atoms with Crippen molar-refractivity contribution in [3.05, 3.63) is 0 Å². The molecule has 0 radical (unpaired) electrons. The summed E-state index contributed by atoms with van der Waals surface area (Å²) >= 11 is 0. The second kappa shape index (κ2) is 6.27. The van der Waals surface area contributed by atoms with Gasteiger partial charge in [-0.2, -0.15) is 0 Å². The minimum absolute atomic E-state index is 0.136. The van der Waals surface area contributed by atoms with Gasteiger partial charge in [-0.05, 0) is 31.6 Å². The fourth-order valence-electron chi connectivity index (χ4n) is 4.11. The first kappa shape index (κ1) is 15.3. The van der Waals surface area contributed by atoms with E-state index in [1.165, 1.54) is 32.1 Å². The fraction of sp³-hybridized carbons (Fsp3) is 0.938. The fourth-order valence-corrected chi connectivity index (χ4v) is 6.42. The van der Waals surface area contributed by atoms with Crippen molar-refractivity contribution < 1.29 is 13.2 Å². The molecule has 1 amide bonds. The van der Waals surface area contributed by atoms with Gasteiger partial charge >= 0.3 is 0 Å². The zero-order valence-corrected chi connectivity index (χ0v) is 13.6. The summed E-state index contributed by atoms with van der Waals surface area (Å²) in [5.74, 6) is 0.725. The third kappa shape index (κ3) is 3.27. The predicted octanol–water partition coefficient (Wildman–Crippen LogP) is 2.53. The van der Waals surface area contributed by atoms with Gasteiger partial charge in [0, 0.05) is 19.5 Å². The van der Waals surface area contributed by atoms with E-state index in [0.717, 1.165) is 25.7 Å². The molecule has 0 aromatic heterocycles. The quantitative estimate of drug-likeness (QED) is 0.801. The van der Waals surface area contributed by atoms with E-state index in [9.17, 15) is 13.2 Å². The van der Waals surface area contributed by atoms with E-state index < -0.39 is 9.84 Å². The topological polar surface area (TPSA) is 54.5 Å². The Morgan fingerprint density at radius 3 is 2.05 bits per heavy atom. The number of hydrogen-bond donors (Lipinski definition) is 0. The molecule has 0 aromatic rings. The lowest BCUT2D eigenvalue weighted by Gasteiger charge is -2.41. The molecule has 0 aromatic carbocycles. The van der Waals surface area contributed by atoms with Crippen LogP contribution in [-0.4, -0.2) is 42.8 Å². The molecule has 5 heteroatoms. The van der Waals surface area contributed by atoms with Crippen LogP contribution in [0.4, 0.5) is 0 Å². The number of carbonyl (C=O) groups is 1. The van der Waals surface area contributed by atoms with Gasteiger partial charge in [0.15, 0.2) is 9.84 Å². The van der Waals surface area contributed by atoms with Crippen molar-refractivity contribution in [1.82, 2.24) is 4.90 Å². The second-order valence-electron chi connectivity index (χ2n) is 7.12. The molecule has 120 valence electrons. The highest BCUT2D eigenvalue weighted by molar-refractivity contribution is 7.92. The van der Waals surface area contributed by atoms with Crippen LogP contribution >= 0.6 is 0 Å². The van der Waals surface area contributed by atoms with E-state index >= 15 is 0 Å². The monoisotopic (exact) mass is 313 g/mol. The molecule has 3 rings (SSSR count). The maximum atomic E-state index is 12.5. The zero-order chi connectivity index (χ0) is 14.9. The second-order valence-corrected chi connectivity index (χ2v) is 9.64. The first-order valence-corrected chi connectivity index (χ1v) is 10.2. The number of sulfone groups is 1. The molecular weight excluding hydrogens is 286 g/mol. The smallest absolute Gasteiger partial charge is 0.222 e. The number of likely N-dealkylation sites (tertiary alicyclic amines) is 1. The van der Waals surface area contributed by atoms with Crippen LogP contribution in [-0.2, 0) is 14.6 Å². The van der Waals surface area contributed by atoms with Gasteiger partial charge in [0.2, 0.25) is 5.91 Å². The minimum Gasteiger partial charge on any atom is -0.340 e. The van der Waals surface area contributed by atoms with Crippen molar-refractivity contribution >= 4 is 15.7 Å². The Balaban J connectivity index is 1.48. The first-order valence-electron chi connectivity index (χ1n) is 8.58. The largest absolute Gasteiger partial charge is 0.340 e. The van der Waals surface area contributed by atoms with Crippen molar-refractivity contribution in [3.63, 3.8) is 0 Å². The maximum Gasteiger partial charge on any atom is 0.222 e. The van der Waals surface area contributed by atoms with Crippen molar-refractivity contribution in [1.29, 1.82) is 0 Å². The Morgan fingerprint density at radius 1 is 0.857 bits per heavy atom. The van der Waals surface area contributed by atoms with E-state index in [1.54, 1.807) is 4.90 Å². The van der Waals surface area contributed by atoms with E-state index in [2.05, 4.69) is 0 Å². The van der Waals surface area contributed by atoms with Crippen molar-refractivity contribution in [2.75, 3.05) is 13.1 Å². The van der Waals surface area contributed by atoms with Crippen LogP contribution in [0.3, 0.4) is 0 Å². The molecule has 0 spiro atoms. The Morgan fingerprint density at radius 2 is 1.43 bits per heavy atom. The van der Waals surface area contributed by atoms with Crippen LogP contribution in [0.25, 0.3) is 0 Å². The number of rotatable bonds is 4. The van der Waals surface area contributed by atoms with Crippen molar-refractivity contribution in [3.8, 4) is 0 Å². The molecule has 3 aliphatic rings. The number of carbonyl (C=O) groups excluding carboxylic acids is 1. The van der Waals surface area contributed by atoms with Gasteiger partial charge in [-0.1, -0.05) is 32.1 Å². The highest BCUT2D eigenvalue weighted by Crippen LogP contribution is 2.32. The van der Waals surface area contributed by atoms with Gasteiger partial charge in [-0.15, -0.1) is 0 Å². The summed E-state index contributed by atoms with van der Waals surface area (Å²) in [7, 11) is -3.01. The standard InChI is InChI=1S/C16H27NO3S/c18-16(10-13-6-4-5-7-13)17-11-15(12-17)21(19,20)14-8-2-1-3-9-14/h13-15H,1-12H2. The minimum atomic E-state index is -3.01. The lowest BCUT2D eigenvalue weighted by Crippen LogP contribution is -2.58. The molecule has 0 N–H and O–H groups in total. The van der Waals surface area contributed by atoms with Crippen LogP contribution in [0.15, 0.2) is 0 Å². The summed E-state index contributed by atoms with van der Waals surface area (Å²) in [4.78, 5) is 13.9. The predicted molar refractivity (Wildman–Crippen MR) is 82.7 cm³/mol. The maximum absolute atomic E-state index is 12.5. The number of hydrogen-bond acceptors (Lipinski definition) is 3. The molecule has 1 aliphatic heterocycles. The van der Waals surface area contributed by atoms with E-state index in [-0.39, 0.29) is 16.4 Å². The van der Waals surface area contributed by atoms with Gasteiger partial charge in [0.1, 0.15) is 0 Å². The molecule has 4 nitrogen and oxygen atoms in total. The molecule has 0 atom stereocenters. The van der Waals surface area contributed by atoms with Gasteiger partial charge in [0.05, 0.1) is 10.5 Å². The Labute approximate surface area is 128 Å². The lowest BCUT2D eigenvalue weighted by atomic mass is 10.0. The third-order valence-corrected chi connectivity index (χ3v) is 8.25. The summed E-state index contributed by atoms with van der Waals surface area (Å²) in [5.41, 5.74) is 0. The van der Waals surface area contributed by atoms with Gasteiger partial charge < -0.3 is 4.90 Å². The highest BCUT2D eigenvalue weighted by atomic mass is 32.2. The van der Waals surface area contributed by atoms with E-state index in [0.29, 0.717) is 25.4 Å². The molecule has 2 saturated carbocycles. The Kier molecular flexibility index (Phi) is 4.57. The van der Waals surface area contributed by atoms with Crippen LogP contribution < -0.4 is 0 Å². The van der Waals surface area contributed by atoms with E-state index in [1.807, 2.05) is 0 Å². The summed E-state index contributed by atoms with van der Waals surface area (Å²) in [6, 6.07) is 0. The van der Waals surface area contributed by atoms with Crippen molar-refractivity contribution in [2.24, 2.45) is 5.92 Å². The molecule has 3 fully saturated rings. The molecule has 0 bridgehead atoms. The number of amides is 1. The average molecular weight is 313 g/mol. The SMILES string of the molecule is O=C(CC1CCCC1)N1CC(S(=O)(=O)C2CCCCC2)C1. The van der Waals surface area contributed by atoms with Crippen LogP contribution in [0.1, 0.15) is 64.2 Å². The summed E-state index contributed by atoms with van der Waals surface area (Å²) in [6.45, 7) is 0.898. The van der Waals surface area contributed by atoms with Crippen molar-refractivity contribution in [2.45, 2.75) is 74.7 Å². The molecule has 0 unspecified atom stereocenters. The summed E-state index contributed by atoms with van der Waals surface area (Å²) in [6.07, 6.45) is 10.4. The molecular formula is C16H27NO3S. The van der Waals surface area contributed by atoms with Gasteiger partial charge in [-0.3, -0.25) is 4.79 Å². The average Bonchev–Trinajstić information content (AvgIpc) is 2.90. The van der Waals surface area contributed by atoms with Gasteiger partial charge in [-0.25, -0.2) is 8.42 Å². The summed E-state index contributed by atoms with van der Waals surface area (Å²) in [5, 5.41) is -0.420. The Bertz CT molecular complexity index is 470. The molecule has 1 heterocycles. The zero-order valence-electron chi connectivity index (χ0n) is 12.8. The van der Waals surface area contributed by atoms with Gasteiger partial charge in [0.25, 0.3) is 0 Å². The highest BCUT2D eigenvalue weighted by Gasteiger charge is 2.43. The number of nitrogens with zero attached hydrogens (tertiary/aromatic N) is 1. The Hall–Kier alpha value is -0.580.